The molecule has 0 amide bonds. The van der Waals surface area contributed by atoms with E-state index in [4.69, 9.17) is 22.7 Å². The Balaban J connectivity index is 1.78. The Kier molecular flexibility index (Phi) is 4.55. The summed E-state index contributed by atoms with van der Waals surface area (Å²) in [5, 5.41) is 0. The lowest BCUT2D eigenvalue weighted by Gasteiger charge is -2.35. The lowest BCUT2D eigenvalue weighted by molar-refractivity contribution is -0.0104. The Bertz CT molecular complexity index is 241. The average Bonchev–Trinajstić information content (AvgIpc) is 2.30. The molecule has 2 rings (SSSR count). The fourth-order valence-electron chi connectivity index (χ4n) is 2.69. The smallest absolute Gasteiger partial charge is 0.0771 e. The van der Waals surface area contributed by atoms with Crippen LogP contribution >= 0.6 is 12.2 Å². The molecule has 0 aliphatic carbocycles. The average molecular weight is 242 g/mol. The minimum absolute atomic E-state index is 0.423. The van der Waals surface area contributed by atoms with Gasteiger partial charge in [-0.15, -0.1) is 0 Å². The fraction of sp³-hybridized carbons (Fsp3) is 0.917. The summed E-state index contributed by atoms with van der Waals surface area (Å²) in [6, 6.07) is 0. The molecule has 0 spiro atoms. The van der Waals surface area contributed by atoms with Gasteiger partial charge in [-0.3, -0.25) is 0 Å². The molecule has 2 fully saturated rings. The molecule has 2 aliphatic heterocycles. The van der Waals surface area contributed by atoms with Crippen LogP contribution in [0.5, 0.6) is 0 Å². The maximum Gasteiger partial charge on any atom is 0.0771 e. The summed E-state index contributed by atoms with van der Waals surface area (Å²) in [5.41, 5.74) is 5.74. The first-order valence-electron chi connectivity index (χ1n) is 6.39. The highest BCUT2D eigenvalue weighted by molar-refractivity contribution is 7.80. The number of piperidine rings is 1. The topological polar surface area (TPSA) is 38.5 Å². The van der Waals surface area contributed by atoms with Crippen LogP contribution < -0.4 is 5.73 Å². The van der Waals surface area contributed by atoms with Gasteiger partial charge >= 0.3 is 0 Å². The summed E-state index contributed by atoms with van der Waals surface area (Å²) < 4.78 is 5.77. The van der Waals surface area contributed by atoms with Gasteiger partial charge in [0.05, 0.1) is 11.1 Å². The van der Waals surface area contributed by atoms with Gasteiger partial charge in [0, 0.05) is 25.6 Å². The molecule has 2 atom stereocenters. The third kappa shape index (κ3) is 3.40. The molecule has 0 aromatic heterocycles. The molecule has 0 radical (unpaired) electrons. The summed E-state index contributed by atoms with van der Waals surface area (Å²) in [5.74, 6) is 0.423. The van der Waals surface area contributed by atoms with E-state index >= 15 is 0 Å². The lowest BCUT2D eigenvalue weighted by atomic mass is 9.97. The van der Waals surface area contributed by atoms with Gasteiger partial charge in [0.25, 0.3) is 0 Å². The van der Waals surface area contributed by atoms with Crippen LogP contribution in [0.15, 0.2) is 0 Å². The van der Waals surface area contributed by atoms with E-state index in [0.29, 0.717) is 17.0 Å². The molecule has 16 heavy (non-hydrogen) atoms. The monoisotopic (exact) mass is 242 g/mol. The van der Waals surface area contributed by atoms with Crippen molar-refractivity contribution in [2.45, 2.75) is 38.2 Å². The van der Waals surface area contributed by atoms with Gasteiger partial charge in [-0.05, 0) is 38.6 Å². The normalized spacial score (nSPS) is 32.5. The Labute approximate surface area is 103 Å². The summed E-state index contributed by atoms with van der Waals surface area (Å²) in [4.78, 5) is 3.16. The summed E-state index contributed by atoms with van der Waals surface area (Å²) >= 11 is 5.09. The number of likely N-dealkylation sites (tertiary alicyclic amines) is 1. The van der Waals surface area contributed by atoms with Gasteiger partial charge in [-0.1, -0.05) is 12.2 Å². The van der Waals surface area contributed by atoms with Crippen molar-refractivity contribution in [2.24, 2.45) is 11.7 Å². The summed E-state index contributed by atoms with van der Waals surface area (Å²) in [6.07, 6.45) is 6.59. The van der Waals surface area contributed by atoms with Crippen molar-refractivity contribution < 1.29 is 4.74 Å². The van der Waals surface area contributed by atoms with Crippen LogP contribution in [0, 0.1) is 5.92 Å². The number of rotatable bonds is 3. The minimum Gasteiger partial charge on any atom is -0.393 e. The second-order valence-electron chi connectivity index (χ2n) is 4.99. The molecule has 3 nitrogen and oxygen atoms in total. The quantitative estimate of drug-likeness (QED) is 0.762. The number of hydrogen-bond acceptors (Lipinski definition) is 3. The van der Waals surface area contributed by atoms with Crippen LogP contribution in [0.25, 0.3) is 0 Å². The van der Waals surface area contributed by atoms with E-state index in [1.54, 1.807) is 0 Å². The molecule has 0 aromatic carbocycles. The molecule has 2 unspecified atom stereocenters. The zero-order valence-corrected chi connectivity index (χ0v) is 10.7. The van der Waals surface area contributed by atoms with E-state index < -0.39 is 0 Å². The van der Waals surface area contributed by atoms with E-state index in [-0.39, 0.29) is 0 Å². The van der Waals surface area contributed by atoms with Crippen molar-refractivity contribution in [1.82, 2.24) is 4.90 Å². The predicted molar refractivity (Wildman–Crippen MR) is 69.5 cm³/mol. The lowest BCUT2D eigenvalue weighted by Crippen LogP contribution is -2.44. The molecule has 92 valence electrons. The van der Waals surface area contributed by atoms with Crippen LogP contribution in [-0.4, -0.2) is 42.2 Å². The molecule has 0 bridgehead atoms. The van der Waals surface area contributed by atoms with E-state index in [1.165, 1.54) is 32.2 Å². The van der Waals surface area contributed by atoms with Crippen LogP contribution in [-0.2, 0) is 4.74 Å². The first-order chi connectivity index (χ1) is 7.75. The van der Waals surface area contributed by atoms with Crippen molar-refractivity contribution in [3.63, 3.8) is 0 Å². The highest BCUT2D eigenvalue weighted by atomic mass is 32.1. The molecular weight excluding hydrogens is 220 g/mol. The fourth-order valence-corrected chi connectivity index (χ4v) is 2.89. The first-order valence-corrected chi connectivity index (χ1v) is 6.80. The SMILES string of the molecule is NC(=S)C1CCCN(CC2CCCCO2)C1. The minimum atomic E-state index is 0.423. The predicted octanol–water partition coefficient (Wildman–Crippen LogP) is 1.55. The first kappa shape index (κ1) is 12.3. The molecule has 2 N–H and O–H groups in total. The van der Waals surface area contributed by atoms with Gasteiger partial charge in [-0.2, -0.15) is 0 Å². The largest absolute Gasteiger partial charge is 0.393 e. The molecule has 4 heteroatoms. The number of nitrogens with zero attached hydrogens (tertiary/aromatic N) is 1. The van der Waals surface area contributed by atoms with Crippen molar-refractivity contribution >= 4 is 17.2 Å². The Hall–Kier alpha value is -0.190. The summed E-state index contributed by atoms with van der Waals surface area (Å²) in [7, 11) is 0. The Morgan fingerprint density at radius 2 is 2.19 bits per heavy atom. The number of thiocarbonyl (C=S) groups is 1. The van der Waals surface area contributed by atoms with Gasteiger partial charge in [-0.25, -0.2) is 0 Å². The third-order valence-corrected chi connectivity index (χ3v) is 3.98. The maximum absolute atomic E-state index is 5.77. The number of nitrogens with two attached hydrogens (primary N) is 1. The second-order valence-corrected chi connectivity index (χ2v) is 5.46. The van der Waals surface area contributed by atoms with Crippen LogP contribution in [0.3, 0.4) is 0 Å². The number of hydrogen-bond donors (Lipinski definition) is 1. The molecule has 2 heterocycles. The van der Waals surface area contributed by atoms with Crippen LogP contribution in [0.4, 0.5) is 0 Å². The zero-order valence-electron chi connectivity index (χ0n) is 9.86. The Morgan fingerprint density at radius 3 is 2.88 bits per heavy atom. The molecular formula is C12H22N2OS. The van der Waals surface area contributed by atoms with Gasteiger partial charge in [0.2, 0.25) is 0 Å². The highest BCUT2D eigenvalue weighted by Gasteiger charge is 2.24. The van der Waals surface area contributed by atoms with E-state index in [9.17, 15) is 0 Å². The van der Waals surface area contributed by atoms with Gasteiger partial charge in [0.1, 0.15) is 0 Å². The molecule has 2 aliphatic rings. The highest BCUT2D eigenvalue weighted by Crippen LogP contribution is 2.20. The third-order valence-electron chi connectivity index (χ3n) is 3.64. The molecule has 2 saturated heterocycles. The zero-order chi connectivity index (χ0) is 11.4. The van der Waals surface area contributed by atoms with Crippen molar-refractivity contribution in [3.05, 3.63) is 0 Å². The van der Waals surface area contributed by atoms with Crippen LogP contribution in [0.2, 0.25) is 0 Å². The van der Waals surface area contributed by atoms with E-state index in [0.717, 1.165) is 26.1 Å². The molecule has 0 saturated carbocycles. The van der Waals surface area contributed by atoms with Crippen molar-refractivity contribution in [2.75, 3.05) is 26.2 Å². The van der Waals surface area contributed by atoms with Crippen LogP contribution in [0.1, 0.15) is 32.1 Å². The number of ether oxygens (including phenoxy) is 1. The Morgan fingerprint density at radius 1 is 1.31 bits per heavy atom. The standard InChI is InChI=1S/C12H22N2OS/c13-12(16)10-4-3-6-14(8-10)9-11-5-1-2-7-15-11/h10-11H,1-9H2,(H2,13,16). The van der Waals surface area contributed by atoms with E-state index in [1.807, 2.05) is 0 Å². The van der Waals surface area contributed by atoms with Gasteiger partial charge < -0.3 is 15.4 Å². The van der Waals surface area contributed by atoms with E-state index in [2.05, 4.69) is 4.90 Å². The van der Waals surface area contributed by atoms with Crippen molar-refractivity contribution in [1.29, 1.82) is 0 Å². The van der Waals surface area contributed by atoms with Crippen molar-refractivity contribution in [3.8, 4) is 0 Å². The van der Waals surface area contributed by atoms with Gasteiger partial charge in [0.15, 0.2) is 0 Å². The maximum atomic E-state index is 5.77. The summed E-state index contributed by atoms with van der Waals surface area (Å²) in [6.45, 7) is 4.23. The second kappa shape index (κ2) is 5.94. The molecule has 0 aromatic rings.